The summed E-state index contributed by atoms with van der Waals surface area (Å²) in [6, 6.07) is 1.94. The fourth-order valence-electron chi connectivity index (χ4n) is 1.99. The maximum absolute atomic E-state index is 5.13. The quantitative estimate of drug-likeness (QED) is 0.832. The lowest BCUT2D eigenvalue weighted by atomic mass is 10.4. The number of aromatic nitrogens is 4. The van der Waals surface area contributed by atoms with Crippen LogP contribution in [0.5, 0.6) is 0 Å². The van der Waals surface area contributed by atoms with E-state index in [0.717, 1.165) is 24.0 Å². The second-order valence-electron chi connectivity index (χ2n) is 4.80. The van der Waals surface area contributed by atoms with Crippen LogP contribution in [0.3, 0.4) is 0 Å². The molecule has 0 saturated carbocycles. The molecule has 0 amide bonds. The molecule has 0 saturated heterocycles. The van der Waals surface area contributed by atoms with E-state index in [4.69, 9.17) is 4.74 Å². The zero-order valence-electron chi connectivity index (χ0n) is 13.0. The van der Waals surface area contributed by atoms with Gasteiger partial charge in [-0.2, -0.15) is 0 Å². The number of nitrogens with zero attached hydrogens (tertiary/aromatic N) is 5. The molecule has 7 nitrogen and oxygen atoms in total. The van der Waals surface area contributed by atoms with Gasteiger partial charge in [-0.3, -0.25) is 0 Å². The number of aryl methyl sites for hydroxylation is 1. The topological polar surface area (TPSA) is 68.1 Å². The first-order chi connectivity index (χ1) is 10.1. The van der Waals surface area contributed by atoms with Gasteiger partial charge in [0.1, 0.15) is 24.1 Å². The molecule has 0 fully saturated rings. The minimum absolute atomic E-state index is 0.391. The van der Waals surface area contributed by atoms with Gasteiger partial charge in [-0.05, 0) is 6.92 Å². The van der Waals surface area contributed by atoms with Gasteiger partial charge >= 0.3 is 0 Å². The molecule has 0 spiro atoms. The van der Waals surface area contributed by atoms with Crippen molar-refractivity contribution in [3.63, 3.8) is 0 Å². The van der Waals surface area contributed by atoms with Crippen molar-refractivity contribution in [2.75, 3.05) is 30.9 Å². The van der Waals surface area contributed by atoms with Crippen molar-refractivity contribution >= 4 is 11.6 Å². The van der Waals surface area contributed by atoms with Crippen LogP contribution in [0, 0.1) is 0 Å². The average Bonchev–Trinajstić information content (AvgIpc) is 2.85. The van der Waals surface area contributed by atoms with E-state index in [0.29, 0.717) is 19.0 Å². The first-order valence-electron chi connectivity index (χ1n) is 6.92. The van der Waals surface area contributed by atoms with Crippen LogP contribution in [0.2, 0.25) is 0 Å². The van der Waals surface area contributed by atoms with Crippen LogP contribution < -0.4 is 10.2 Å². The third-order valence-corrected chi connectivity index (χ3v) is 3.08. The summed E-state index contributed by atoms with van der Waals surface area (Å²) in [4.78, 5) is 15.3. The van der Waals surface area contributed by atoms with E-state index >= 15 is 0 Å². The summed E-state index contributed by atoms with van der Waals surface area (Å²) < 4.78 is 7.13. The third kappa shape index (κ3) is 3.91. The molecular weight excluding hydrogens is 268 g/mol. The molecule has 0 aliphatic heterocycles. The SMILES string of the molecule is CCNc1cc(N(C)Cc2nccn2C)nc(COC)n1. The first-order valence-corrected chi connectivity index (χ1v) is 6.92. The smallest absolute Gasteiger partial charge is 0.158 e. The van der Waals surface area contributed by atoms with Gasteiger partial charge in [0.15, 0.2) is 5.82 Å². The molecule has 0 aromatic carbocycles. The van der Waals surface area contributed by atoms with E-state index in [2.05, 4.69) is 20.3 Å². The minimum Gasteiger partial charge on any atom is -0.377 e. The Kier molecular flexibility index (Phi) is 5.10. The molecule has 0 atom stereocenters. The highest BCUT2D eigenvalue weighted by Crippen LogP contribution is 2.17. The van der Waals surface area contributed by atoms with Crippen LogP contribution in [-0.4, -0.2) is 40.2 Å². The van der Waals surface area contributed by atoms with Crippen LogP contribution in [0.15, 0.2) is 18.5 Å². The molecule has 21 heavy (non-hydrogen) atoms. The summed E-state index contributed by atoms with van der Waals surface area (Å²) in [5, 5.41) is 3.22. The van der Waals surface area contributed by atoms with Crippen molar-refractivity contribution in [3.8, 4) is 0 Å². The van der Waals surface area contributed by atoms with Crippen molar-refractivity contribution in [1.29, 1.82) is 0 Å². The molecule has 0 aliphatic carbocycles. The van der Waals surface area contributed by atoms with E-state index in [9.17, 15) is 0 Å². The third-order valence-electron chi connectivity index (χ3n) is 3.08. The Labute approximate surface area is 125 Å². The van der Waals surface area contributed by atoms with Crippen LogP contribution in [0.4, 0.5) is 11.6 Å². The Morgan fingerprint density at radius 1 is 1.38 bits per heavy atom. The Bertz CT molecular complexity index is 558. The normalized spacial score (nSPS) is 10.7. The Hall–Kier alpha value is -2.15. The molecule has 0 aliphatic rings. The van der Waals surface area contributed by atoms with Crippen molar-refractivity contribution in [2.45, 2.75) is 20.1 Å². The van der Waals surface area contributed by atoms with Crippen molar-refractivity contribution in [1.82, 2.24) is 19.5 Å². The van der Waals surface area contributed by atoms with Crippen molar-refractivity contribution < 1.29 is 4.74 Å². The largest absolute Gasteiger partial charge is 0.377 e. The lowest BCUT2D eigenvalue weighted by Crippen LogP contribution is -2.21. The van der Waals surface area contributed by atoms with Crippen molar-refractivity contribution in [3.05, 3.63) is 30.1 Å². The summed E-state index contributed by atoms with van der Waals surface area (Å²) in [6.07, 6.45) is 3.73. The maximum Gasteiger partial charge on any atom is 0.158 e. The van der Waals surface area contributed by atoms with Gasteiger partial charge in [0.25, 0.3) is 0 Å². The molecule has 1 N–H and O–H groups in total. The summed E-state index contributed by atoms with van der Waals surface area (Å²) in [5.41, 5.74) is 0. The minimum atomic E-state index is 0.391. The fourth-order valence-corrected chi connectivity index (χ4v) is 1.99. The van der Waals surface area contributed by atoms with Gasteiger partial charge in [-0.25, -0.2) is 15.0 Å². The van der Waals surface area contributed by atoms with Gasteiger partial charge in [-0.1, -0.05) is 0 Å². The number of methoxy groups -OCH3 is 1. The monoisotopic (exact) mass is 290 g/mol. The lowest BCUT2D eigenvalue weighted by molar-refractivity contribution is 0.178. The van der Waals surface area contributed by atoms with Gasteiger partial charge in [0.05, 0.1) is 6.54 Å². The predicted molar refractivity (Wildman–Crippen MR) is 82.2 cm³/mol. The molecule has 7 heteroatoms. The molecule has 2 rings (SSSR count). The second kappa shape index (κ2) is 7.03. The summed E-state index contributed by atoms with van der Waals surface area (Å²) >= 11 is 0. The summed E-state index contributed by atoms with van der Waals surface area (Å²) in [7, 11) is 5.61. The number of nitrogens with one attached hydrogen (secondary N) is 1. The standard InChI is InChI=1S/C14H22N6O/c1-5-15-11-8-13(18-12(17-11)10-21-4)20(3)9-14-16-6-7-19(14)2/h6-8H,5,9-10H2,1-4H3,(H,15,17,18). The maximum atomic E-state index is 5.13. The molecule has 0 radical (unpaired) electrons. The molecule has 2 heterocycles. The number of rotatable bonds is 7. The highest BCUT2D eigenvalue weighted by Gasteiger charge is 2.10. The van der Waals surface area contributed by atoms with Gasteiger partial charge in [0.2, 0.25) is 0 Å². The zero-order valence-corrected chi connectivity index (χ0v) is 13.0. The van der Waals surface area contributed by atoms with E-state index in [1.807, 2.05) is 42.7 Å². The number of hydrogen-bond donors (Lipinski definition) is 1. The van der Waals surface area contributed by atoms with Gasteiger partial charge in [0, 0.05) is 46.2 Å². The first kappa shape index (κ1) is 15.2. The molecule has 2 aromatic rings. The molecule has 114 valence electrons. The van der Waals surface area contributed by atoms with Crippen molar-refractivity contribution in [2.24, 2.45) is 7.05 Å². The van der Waals surface area contributed by atoms with Gasteiger partial charge in [-0.15, -0.1) is 0 Å². The predicted octanol–water partition coefficient (Wildman–Crippen LogP) is 1.42. The highest BCUT2D eigenvalue weighted by atomic mass is 16.5. The fraction of sp³-hybridized carbons (Fsp3) is 0.500. The van der Waals surface area contributed by atoms with E-state index < -0.39 is 0 Å². The number of anilines is 2. The lowest BCUT2D eigenvalue weighted by Gasteiger charge is -2.19. The van der Waals surface area contributed by atoms with E-state index in [1.165, 1.54) is 0 Å². The van der Waals surface area contributed by atoms with Gasteiger partial charge < -0.3 is 19.5 Å². The van der Waals surface area contributed by atoms with Crippen LogP contribution in [0.1, 0.15) is 18.6 Å². The highest BCUT2D eigenvalue weighted by molar-refractivity contribution is 5.49. The second-order valence-corrected chi connectivity index (χ2v) is 4.80. The van der Waals surface area contributed by atoms with Crippen LogP contribution in [-0.2, 0) is 24.9 Å². The Morgan fingerprint density at radius 2 is 2.19 bits per heavy atom. The van der Waals surface area contributed by atoms with E-state index in [-0.39, 0.29) is 0 Å². The average molecular weight is 290 g/mol. The van der Waals surface area contributed by atoms with Crippen LogP contribution in [0.25, 0.3) is 0 Å². The Morgan fingerprint density at radius 3 is 2.81 bits per heavy atom. The molecule has 0 unspecified atom stereocenters. The Balaban J connectivity index is 2.22. The zero-order chi connectivity index (χ0) is 15.2. The molecule has 0 bridgehead atoms. The number of ether oxygens (including phenoxy) is 1. The molecule has 2 aromatic heterocycles. The van der Waals surface area contributed by atoms with Crippen LogP contribution >= 0.6 is 0 Å². The summed E-state index contributed by atoms with van der Waals surface area (Å²) in [6.45, 7) is 3.92. The summed E-state index contributed by atoms with van der Waals surface area (Å²) in [5.74, 6) is 3.30. The number of imidazole rings is 1. The number of hydrogen-bond acceptors (Lipinski definition) is 6. The molecular formula is C14H22N6O. The van der Waals surface area contributed by atoms with E-state index in [1.54, 1.807) is 13.3 Å².